The Bertz CT molecular complexity index is 654. The molecule has 0 aromatic rings. The van der Waals surface area contributed by atoms with Crippen LogP contribution in [0.2, 0.25) is 0 Å². The fourth-order valence-electron chi connectivity index (χ4n) is 3.66. The minimum Gasteiger partial charge on any atom is -0.481 e. The monoisotopic (exact) mass is 441 g/mol. The maximum Gasteiger partial charge on any atom is 0.410 e. The van der Waals surface area contributed by atoms with Crippen LogP contribution in [0, 0.1) is 5.92 Å². The van der Waals surface area contributed by atoms with Crippen molar-refractivity contribution in [1.82, 2.24) is 15.1 Å². The summed E-state index contributed by atoms with van der Waals surface area (Å²) in [5.74, 6) is -1.02. The average molecular weight is 442 g/mol. The van der Waals surface area contributed by atoms with Gasteiger partial charge in [0.1, 0.15) is 5.60 Å². The lowest BCUT2D eigenvalue weighted by Gasteiger charge is -2.34. The second-order valence-electron chi connectivity index (χ2n) is 9.08. The van der Waals surface area contributed by atoms with E-state index < -0.39 is 23.6 Å². The molecule has 0 bridgehead atoms. The minimum absolute atomic E-state index is 0.0128. The predicted octanol–water partition coefficient (Wildman–Crippen LogP) is 1.23. The Morgan fingerprint density at radius 2 is 1.74 bits per heavy atom. The van der Waals surface area contributed by atoms with Gasteiger partial charge in [0.05, 0.1) is 19.6 Å². The molecule has 2 heterocycles. The summed E-state index contributed by atoms with van der Waals surface area (Å²) in [7, 11) is 0. The molecule has 2 aliphatic rings. The number of aliphatic carboxylic acids is 1. The van der Waals surface area contributed by atoms with Crippen molar-refractivity contribution in [3.05, 3.63) is 0 Å². The van der Waals surface area contributed by atoms with Crippen molar-refractivity contribution in [2.45, 2.75) is 64.6 Å². The standard InChI is InChI=1S/C21H35N3O7/c1-21(2,3)31-20(29)23-10-7-15(8-11-23)4-5-17(25)24-12-13-30-16(14-24)19(28)22-9-6-18(26)27/h15-16H,4-14H2,1-3H3,(H,22,28)(H,26,27). The largest absolute Gasteiger partial charge is 0.481 e. The Balaban J connectivity index is 1.70. The van der Waals surface area contributed by atoms with Gasteiger partial charge in [-0.3, -0.25) is 14.4 Å². The van der Waals surface area contributed by atoms with Gasteiger partial charge in [-0.2, -0.15) is 0 Å². The van der Waals surface area contributed by atoms with Crippen molar-refractivity contribution in [3.63, 3.8) is 0 Å². The number of hydrogen-bond acceptors (Lipinski definition) is 6. The van der Waals surface area contributed by atoms with Gasteiger partial charge in [-0.1, -0.05) is 0 Å². The van der Waals surface area contributed by atoms with Gasteiger partial charge in [0, 0.05) is 32.6 Å². The summed E-state index contributed by atoms with van der Waals surface area (Å²) in [6, 6.07) is 0. The van der Waals surface area contributed by atoms with Gasteiger partial charge in [-0.25, -0.2) is 4.79 Å². The van der Waals surface area contributed by atoms with Crippen LogP contribution >= 0.6 is 0 Å². The number of nitrogens with one attached hydrogen (secondary N) is 1. The fraction of sp³-hybridized carbons (Fsp3) is 0.810. The summed E-state index contributed by atoms with van der Waals surface area (Å²) in [6.07, 6.45) is 1.59. The van der Waals surface area contributed by atoms with Crippen LogP contribution in [-0.4, -0.2) is 89.8 Å². The molecule has 2 fully saturated rings. The van der Waals surface area contributed by atoms with E-state index in [4.69, 9.17) is 14.6 Å². The quantitative estimate of drug-likeness (QED) is 0.609. The van der Waals surface area contributed by atoms with Crippen LogP contribution in [-0.2, 0) is 23.9 Å². The first-order valence-electron chi connectivity index (χ1n) is 10.9. The first-order valence-corrected chi connectivity index (χ1v) is 10.9. The van der Waals surface area contributed by atoms with E-state index in [1.807, 2.05) is 20.8 Å². The molecule has 2 saturated heterocycles. The van der Waals surface area contributed by atoms with Crippen LogP contribution in [0.25, 0.3) is 0 Å². The zero-order chi connectivity index (χ0) is 23.0. The maximum absolute atomic E-state index is 12.6. The second kappa shape index (κ2) is 11.3. The molecule has 1 unspecified atom stereocenters. The number of likely N-dealkylation sites (tertiary alicyclic amines) is 1. The molecule has 2 N–H and O–H groups in total. The molecule has 0 aromatic carbocycles. The number of morpholine rings is 1. The van der Waals surface area contributed by atoms with Gasteiger partial charge in [0.2, 0.25) is 5.91 Å². The lowest BCUT2D eigenvalue weighted by atomic mass is 9.92. The average Bonchev–Trinajstić information content (AvgIpc) is 2.71. The van der Waals surface area contributed by atoms with Gasteiger partial charge in [0.25, 0.3) is 5.91 Å². The molecule has 0 aliphatic carbocycles. The molecule has 0 saturated carbocycles. The molecule has 2 aliphatic heterocycles. The Morgan fingerprint density at radius 3 is 2.35 bits per heavy atom. The van der Waals surface area contributed by atoms with Crippen molar-refractivity contribution < 1.29 is 33.8 Å². The number of carbonyl (C=O) groups is 4. The molecule has 31 heavy (non-hydrogen) atoms. The van der Waals surface area contributed by atoms with Crippen molar-refractivity contribution in [2.24, 2.45) is 5.92 Å². The topological polar surface area (TPSA) is 125 Å². The number of carbonyl (C=O) groups excluding carboxylic acids is 3. The summed E-state index contributed by atoms with van der Waals surface area (Å²) in [5, 5.41) is 11.2. The number of nitrogens with zero attached hydrogens (tertiary/aromatic N) is 2. The number of carboxylic acids is 1. The van der Waals surface area contributed by atoms with Crippen LogP contribution in [0.4, 0.5) is 4.79 Å². The molecular weight excluding hydrogens is 406 g/mol. The molecular formula is C21H35N3O7. The summed E-state index contributed by atoms with van der Waals surface area (Å²) in [4.78, 5) is 50.8. The molecule has 0 aromatic heterocycles. The number of amides is 3. The predicted molar refractivity (Wildman–Crippen MR) is 111 cm³/mol. The third kappa shape index (κ3) is 8.72. The number of hydrogen-bond donors (Lipinski definition) is 2. The first-order chi connectivity index (χ1) is 14.5. The van der Waals surface area contributed by atoms with Gasteiger partial charge in [-0.05, 0) is 46.0 Å². The summed E-state index contributed by atoms with van der Waals surface area (Å²) < 4.78 is 10.8. The third-order valence-electron chi connectivity index (χ3n) is 5.38. The number of ether oxygens (including phenoxy) is 2. The highest BCUT2D eigenvalue weighted by molar-refractivity contribution is 5.83. The van der Waals surface area contributed by atoms with E-state index in [-0.39, 0.29) is 38.1 Å². The van der Waals surface area contributed by atoms with Crippen LogP contribution in [0.3, 0.4) is 0 Å². The van der Waals surface area contributed by atoms with Crippen LogP contribution in [0.15, 0.2) is 0 Å². The van der Waals surface area contributed by atoms with E-state index in [1.165, 1.54) is 0 Å². The molecule has 0 radical (unpaired) electrons. The summed E-state index contributed by atoms with van der Waals surface area (Å²) in [5.41, 5.74) is -0.510. The molecule has 2 rings (SSSR count). The van der Waals surface area contributed by atoms with E-state index in [0.717, 1.165) is 19.3 Å². The van der Waals surface area contributed by atoms with Gasteiger partial charge >= 0.3 is 12.1 Å². The first kappa shape index (κ1) is 24.9. The van der Waals surface area contributed by atoms with E-state index in [1.54, 1.807) is 9.80 Å². The maximum atomic E-state index is 12.6. The van der Waals surface area contributed by atoms with Gasteiger partial charge in [0.15, 0.2) is 6.10 Å². The van der Waals surface area contributed by atoms with Gasteiger partial charge < -0.3 is 29.7 Å². The minimum atomic E-state index is -0.987. The number of carboxylic acid groups (broad SMARTS) is 1. The highest BCUT2D eigenvalue weighted by Gasteiger charge is 2.30. The molecule has 0 spiro atoms. The van der Waals surface area contributed by atoms with Crippen LogP contribution in [0.5, 0.6) is 0 Å². The Hall–Kier alpha value is -2.36. The zero-order valence-corrected chi connectivity index (χ0v) is 18.7. The Labute approximate surface area is 183 Å². The molecule has 1 atom stereocenters. The SMILES string of the molecule is CC(C)(C)OC(=O)N1CCC(CCC(=O)N2CCOC(C(=O)NCCC(=O)O)C2)CC1. The second-order valence-corrected chi connectivity index (χ2v) is 9.08. The van der Waals surface area contributed by atoms with Crippen molar-refractivity contribution >= 4 is 23.9 Å². The van der Waals surface area contributed by atoms with Crippen molar-refractivity contribution in [2.75, 3.05) is 39.3 Å². The van der Waals surface area contributed by atoms with E-state index >= 15 is 0 Å². The number of rotatable bonds is 7. The summed E-state index contributed by atoms with van der Waals surface area (Å²) >= 11 is 0. The lowest BCUT2D eigenvalue weighted by Crippen LogP contribution is -2.51. The highest BCUT2D eigenvalue weighted by Crippen LogP contribution is 2.24. The fourth-order valence-corrected chi connectivity index (χ4v) is 3.66. The van der Waals surface area contributed by atoms with E-state index in [2.05, 4.69) is 5.32 Å². The molecule has 176 valence electrons. The van der Waals surface area contributed by atoms with Gasteiger partial charge in [-0.15, -0.1) is 0 Å². The normalized spacial score (nSPS) is 20.3. The van der Waals surface area contributed by atoms with E-state index in [9.17, 15) is 19.2 Å². The van der Waals surface area contributed by atoms with E-state index in [0.29, 0.717) is 32.0 Å². The summed E-state index contributed by atoms with van der Waals surface area (Å²) in [6.45, 7) is 7.72. The zero-order valence-electron chi connectivity index (χ0n) is 18.7. The van der Waals surface area contributed by atoms with Crippen molar-refractivity contribution in [3.8, 4) is 0 Å². The molecule has 10 heteroatoms. The number of piperidine rings is 1. The van der Waals surface area contributed by atoms with Crippen LogP contribution in [0.1, 0.15) is 52.9 Å². The Morgan fingerprint density at radius 1 is 1.06 bits per heavy atom. The molecule has 3 amide bonds. The van der Waals surface area contributed by atoms with Crippen LogP contribution < -0.4 is 5.32 Å². The molecule has 10 nitrogen and oxygen atoms in total. The smallest absolute Gasteiger partial charge is 0.410 e. The lowest BCUT2D eigenvalue weighted by molar-refractivity contribution is -0.147. The highest BCUT2D eigenvalue weighted by atomic mass is 16.6. The van der Waals surface area contributed by atoms with Crippen molar-refractivity contribution in [1.29, 1.82) is 0 Å². The Kier molecular flexibility index (Phi) is 9.09. The third-order valence-corrected chi connectivity index (χ3v) is 5.38.